The molecule has 0 radical (unpaired) electrons. The summed E-state index contributed by atoms with van der Waals surface area (Å²) in [6, 6.07) is 17.2. The molecule has 1 heterocycles. The van der Waals surface area contributed by atoms with Crippen LogP contribution >= 0.6 is 0 Å². The number of aromatic nitrogens is 1. The normalized spacial score (nSPS) is 12.5. The van der Waals surface area contributed by atoms with Gasteiger partial charge in [0.05, 0.1) is 10.9 Å². The number of hydrogen-bond acceptors (Lipinski definition) is 4. The molecule has 3 rings (SSSR count). The average Bonchev–Trinajstić information content (AvgIpc) is 2.55. The van der Waals surface area contributed by atoms with E-state index in [1.807, 2.05) is 24.3 Å². The Kier molecular flexibility index (Phi) is 4.42. The van der Waals surface area contributed by atoms with E-state index < -0.39 is 5.63 Å². The molecule has 0 saturated carbocycles. The lowest BCUT2D eigenvalue weighted by Gasteiger charge is -2.21. The molecule has 0 fully saturated rings. The zero-order valence-corrected chi connectivity index (χ0v) is 13.2. The molecule has 1 unspecified atom stereocenters. The van der Waals surface area contributed by atoms with E-state index in [4.69, 9.17) is 9.15 Å². The van der Waals surface area contributed by atoms with Crippen molar-refractivity contribution < 1.29 is 9.15 Å². The number of benzene rings is 2. The molecular formula is C19H19NO3. The van der Waals surface area contributed by atoms with E-state index in [-0.39, 0.29) is 18.1 Å². The van der Waals surface area contributed by atoms with Gasteiger partial charge in [0.25, 0.3) is 0 Å². The van der Waals surface area contributed by atoms with Crippen LogP contribution in [0.2, 0.25) is 0 Å². The zero-order chi connectivity index (χ0) is 16.2. The second kappa shape index (κ2) is 6.65. The van der Waals surface area contributed by atoms with Gasteiger partial charge < -0.3 is 9.15 Å². The highest BCUT2D eigenvalue weighted by molar-refractivity contribution is 5.76. The topological polar surface area (TPSA) is 52.3 Å². The monoisotopic (exact) mass is 309 g/mol. The number of hydrogen-bond donors (Lipinski definition) is 0. The van der Waals surface area contributed by atoms with E-state index in [1.54, 1.807) is 18.2 Å². The molecular weight excluding hydrogens is 290 g/mol. The molecule has 0 aliphatic heterocycles. The molecule has 0 amide bonds. The van der Waals surface area contributed by atoms with Crippen LogP contribution in [-0.2, 0) is 6.42 Å². The van der Waals surface area contributed by atoms with Crippen LogP contribution in [0.3, 0.4) is 0 Å². The summed E-state index contributed by atoms with van der Waals surface area (Å²) < 4.78 is 11.1. The Morgan fingerprint density at radius 2 is 1.74 bits per heavy atom. The maximum absolute atomic E-state index is 12.0. The predicted octanol–water partition coefficient (Wildman–Crippen LogP) is 3.83. The molecule has 1 atom stereocenters. The minimum atomic E-state index is -0.423. The Morgan fingerprint density at radius 3 is 2.48 bits per heavy atom. The van der Waals surface area contributed by atoms with Gasteiger partial charge in [-0.25, -0.2) is 4.79 Å². The summed E-state index contributed by atoms with van der Waals surface area (Å²) >= 11 is 0. The smallest absolute Gasteiger partial charge is 0.397 e. The summed E-state index contributed by atoms with van der Waals surface area (Å²) in [5, 5.41) is 0.462. The number of nitrogens with zero attached hydrogens (tertiary/aromatic N) is 1. The lowest BCUT2D eigenvalue weighted by Crippen LogP contribution is -2.26. The Morgan fingerprint density at radius 1 is 1.04 bits per heavy atom. The first-order chi connectivity index (χ1) is 11.1. The van der Waals surface area contributed by atoms with E-state index in [1.165, 1.54) is 5.56 Å². The highest BCUT2D eigenvalue weighted by Crippen LogP contribution is 2.18. The van der Waals surface area contributed by atoms with E-state index in [0.29, 0.717) is 10.9 Å². The maximum Gasteiger partial charge on any atom is 0.397 e. The average molecular weight is 309 g/mol. The summed E-state index contributed by atoms with van der Waals surface area (Å²) in [6.07, 6.45) is 0.647. The third-order valence-corrected chi connectivity index (χ3v) is 3.79. The van der Waals surface area contributed by atoms with Crippen molar-refractivity contribution in [3.63, 3.8) is 0 Å². The van der Waals surface area contributed by atoms with Crippen molar-refractivity contribution in [3.05, 3.63) is 70.6 Å². The highest BCUT2D eigenvalue weighted by atomic mass is 16.6. The van der Waals surface area contributed by atoms with Gasteiger partial charge in [-0.15, -0.1) is 0 Å². The van der Waals surface area contributed by atoms with Crippen LogP contribution in [-0.4, -0.2) is 11.1 Å². The van der Waals surface area contributed by atoms with Crippen LogP contribution < -0.4 is 10.4 Å². The Hall–Kier alpha value is -2.62. The van der Waals surface area contributed by atoms with E-state index >= 15 is 0 Å². The van der Waals surface area contributed by atoms with Crippen LogP contribution in [0.1, 0.15) is 19.4 Å². The van der Waals surface area contributed by atoms with E-state index in [2.05, 4.69) is 31.0 Å². The van der Waals surface area contributed by atoms with E-state index in [9.17, 15) is 4.79 Å². The van der Waals surface area contributed by atoms with Crippen molar-refractivity contribution >= 4 is 10.9 Å². The van der Waals surface area contributed by atoms with Crippen molar-refractivity contribution in [2.45, 2.75) is 26.4 Å². The Bertz CT molecular complexity index is 840. The van der Waals surface area contributed by atoms with E-state index in [0.717, 1.165) is 6.42 Å². The molecule has 0 aliphatic rings. The van der Waals surface area contributed by atoms with Crippen LogP contribution in [0, 0.1) is 5.92 Å². The molecule has 0 saturated heterocycles. The summed E-state index contributed by atoms with van der Waals surface area (Å²) in [6.45, 7) is 4.15. The molecule has 1 aromatic heterocycles. The molecule has 0 N–H and O–H groups in total. The Labute approximate surface area is 134 Å². The minimum Gasteiger partial charge on any atom is -0.446 e. The molecule has 4 nitrogen and oxygen atoms in total. The Balaban J connectivity index is 1.87. The summed E-state index contributed by atoms with van der Waals surface area (Å²) in [4.78, 5) is 16.3. The zero-order valence-electron chi connectivity index (χ0n) is 13.2. The fourth-order valence-electron chi connectivity index (χ4n) is 2.44. The molecule has 0 spiro atoms. The number of ether oxygens (including phenoxy) is 1. The SMILES string of the molecule is CC(C)C(Cc1ccccc1)Oc1nc2ccccc2c(=O)o1. The van der Waals surface area contributed by atoms with Gasteiger partial charge in [-0.3, -0.25) is 0 Å². The molecule has 2 aromatic carbocycles. The lowest BCUT2D eigenvalue weighted by molar-refractivity contribution is 0.102. The van der Waals surface area contributed by atoms with Crippen molar-refractivity contribution in [1.29, 1.82) is 0 Å². The number of para-hydroxylation sites is 1. The molecule has 3 aromatic rings. The summed E-state index contributed by atoms with van der Waals surface area (Å²) in [5.41, 5.74) is 1.34. The third kappa shape index (κ3) is 3.59. The summed E-state index contributed by atoms with van der Waals surface area (Å²) in [5.74, 6) is 0.258. The fraction of sp³-hybridized carbons (Fsp3) is 0.263. The fourth-order valence-corrected chi connectivity index (χ4v) is 2.44. The quantitative estimate of drug-likeness (QED) is 0.718. The van der Waals surface area contributed by atoms with Gasteiger partial charge >= 0.3 is 11.7 Å². The molecule has 23 heavy (non-hydrogen) atoms. The molecule has 118 valence electrons. The highest BCUT2D eigenvalue weighted by Gasteiger charge is 2.19. The molecule has 4 heteroatoms. The van der Waals surface area contributed by atoms with Crippen molar-refractivity contribution in [1.82, 2.24) is 4.98 Å². The van der Waals surface area contributed by atoms with Gasteiger partial charge in [0, 0.05) is 6.42 Å². The predicted molar refractivity (Wildman–Crippen MR) is 89.7 cm³/mol. The first-order valence-corrected chi connectivity index (χ1v) is 7.74. The maximum atomic E-state index is 12.0. The van der Waals surface area contributed by atoms with Crippen molar-refractivity contribution in [3.8, 4) is 6.08 Å². The van der Waals surface area contributed by atoms with Crippen LogP contribution in [0.4, 0.5) is 0 Å². The van der Waals surface area contributed by atoms with Crippen LogP contribution in [0.5, 0.6) is 6.08 Å². The van der Waals surface area contributed by atoms with Gasteiger partial charge in [-0.05, 0) is 23.6 Å². The lowest BCUT2D eigenvalue weighted by atomic mass is 9.99. The largest absolute Gasteiger partial charge is 0.446 e. The first-order valence-electron chi connectivity index (χ1n) is 7.74. The second-order valence-corrected chi connectivity index (χ2v) is 5.87. The van der Waals surface area contributed by atoms with Gasteiger partial charge in [-0.2, -0.15) is 4.98 Å². The van der Waals surface area contributed by atoms with Crippen LogP contribution in [0.15, 0.2) is 63.8 Å². The van der Waals surface area contributed by atoms with Gasteiger partial charge in [0.2, 0.25) is 0 Å². The van der Waals surface area contributed by atoms with Crippen molar-refractivity contribution in [2.75, 3.05) is 0 Å². The minimum absolute atomic E-state index is 0.0309. The van der Waals surface area contributed by atoms with Gasteiger partial charge in [0.15, 0.2) is 0 Å². The number of fused-ring (bicyclic) bond motifs is 1. The molecule has 0 aliphatic carbocycles. The van der Waals surface area contributed by atoms with Gasteiger partial charge in [-0.1, -0.05) is 56.3 Å². The molecule has 0 bridgehead atoms. The standard InChI is InChI=1S/C19H19NO3/c1-13(2)17(12-14-8-4-3-5-9-14)22-19-20-16-11-7-6-10-15(16)18(21)23-19/h3-11,13,17H,12H2,1-2H3. The van der Waals surface area contributed by atoms with Crippen molar-refractivity contribution in [2.24, 2.45) is 5.92 Å². The second-order valence-electron chi connectivity index (χ2n) is 5.87. The summed E-state index contributed by atoms with van der Waals surface area (Å²) in [7, 11) is 0. The van der Waals surface area contributed by atoms with Crippen LogP contribution in [0.25, 0.3) is 10.9 Å². The number of rotatable bonds is 5. The third-order valence-electron chi connectivity index (χ3n) is 3.79. The van der Waals surface area contributed by atoms with Gasteiger partial charge in [0.1, 0.15) is 6.10 Å². The first kappa shape index (κ1) is 15.3.